The Morgan fingerprint density at radius 2 is 1.77 bits per heavy atom. The molecule has 0 saturated carbocycles. The number of fused-ring (bicyclic) bond motifs is 5. The van der Waals surface area contributed by atoms with Crippen LogP contribution in [0.5, 0.6) is 0 Å². The zero-order valence-electron chi connectivity index (χ0n) is 18.2. The molecule has 154 valence electrons. The van der Waals surface area contributed by atoms with Crippen LogP contribution in [0.2, 0.25) is 0 Å². The first kappa shape index (κ1) is 20.5. The third-order valence-corrected chi connectivity index (χ3v) is 5.77. The van der Waals surface area contributed by atoms with Crippen molar-refractivity contribution in [2.45, 2.75) is 20.3 Å². The molecule has 0 unspecified atom stereocenters. The van der Waals surface area contributed by atoms with Gasteiger partial charge in [0.25, 0.3) is 0 Å². The lowest BCUT2D eigenvalue weighted by Gasteiger charge is -2.10. The first-order chi connectivity index (χ1) is 15.1. The van der Waals surface area contributed by atoms with E-state index in [1.165, 1.54) is 43.7 Å². The Kier molecular flexibility index (Phi) is 5.64. The number of rotatable bonds is 6. The second-order valence-corrected chi connectivity index (χ2v) is 7.79. The van der Waals surface area contributed by atoms with Crippen LogP contribution in [0.15, 0.2) is 98.3 Å². The molecule has 0 fully saturated rings. The molecule has 4 aromatic rings. The third-order valence-electron chi connectivity index (χ3n) is 5.77. The molecule has 0 amide bonds. The predicted octanol–water partition coefficient (Wildman–Crippen LogP) is 7.60. The van der Waals surface area contributed by atoms with Crippen molar-refractivity contribution < 1.29 is 0 Å². The van der Waals surface area contributed by atoms with Gasteiger partial charge < -0.3 is 10.3 Å². The first-order valence-electron chi connectivity index (χ1n) is 10.6. The molecule has 4 rings (SSSR count). The van der Waals surface area contributed by atoms with E-state index in [0.717, 1.165) is 17.7 Å². The zero-order chi connectivity index (χ0) is 22.0. The van der Waals surface area contributed by atoms with E-state index in [1.807, 2.05) is 25.2 Å². The normalized spacial score (nSPS) is 12.6. The molecule has 0 bridgehead atoms. The molecule has 0 aliphatic carbocycles. The number of aromatic nitrogens is 1. The van der Waals surface area contributed by atoms with E-state index >= 15 is 0 Å². The van der Waals surface area contributed by atoms with Crippen LogP contribution in [0, 0.1) is 0 Å². The molecule has 2 heteroatoms. The van der Waals surface area contributed by atoms with Gasteiger partial charge in [-0.1, -0.05) is 73.9 Å². The largest absolute Gasteiger partial charge is 0.405 e. The Morgan fingerprint density at radius 3 is 2.48 bits per heavy atom. The van der Waals surface area contributed by atoms with Crippen LogP contribution in [-0.4, -0.2) is 4.57 Å². The average molecular weight is 405 g/mol. The molecule has 1 heterocycles. The van der Waals surface area contributed by atoms with Crippen LogP contribution in [0.25, 0.3) is 43.8 Å². The number of nitrogens with two attached hydrogens (primary N) is 1. The molecule has 0 atom stereocenters. The van der Waals surface area contributed by atoms with Crippen molar-refractivity contribution in [1.82, 2.24) is 4.57 Å². The first-order valence-corrected chi connectivity index (χ1v) is 10.6. The van der Waals surface area contributed by atoms with Crippen molar-refractivity contribution in [3.63, 3.8) is 0 Å². The van der Waals surface area contributed by atoms with Crippen LogP contribution in [0.4, 0.5) is 0 Å². The summed E-state index contributed by atoms with van der Waals surface area (Å²) in [5.41, 5.74) is 12.4. The Labute approximate surface area is 184 Å². The van der Waals surface area contributed by atoms with Crippen molar-refractivity contribution in [3.8, 4) is 0 Å². The minimum Gasteiger partial charge on any atom is -0.405 e. The summed E-state index contributed by atoms with van der Waals surface area (Å²) in [5.74, 6) is 0. The topological polar surface area (TPSA) is 30.9 Å². The fourth-order valence-electron chi connectivity index (χ4n) is 4.33. The summed E-state index contributed by atoms with van der Waals surface area (Å²) >= 11 is 0. The minimum absolute atomic E-state index is 0.857. The SMILES string of the molecule is C=C/C(=C\C)c1ccc2c(ccc3c4ccc(C/C=C\C=C/N)cc4n(C(=C)C)c23)c1. The second-order valence-electron chi connectivity index (χ2n) is 7.79. The Balaban J connectivity index is 1.98. The van der Waals surface area contributed by atoms with E-state index in [2.05, 4.69) is 85.3 Å². The number of hydrogen-bond donors (Lipinski definition) is 1. The molecule has 1 aromatic heterocycles. The Hall–Kier alpha value is -3.78. The molecular formula is C29H28N2. The molecule has 0 aliphatic rings. The lowest BCUT2D eigenvalue weighted by Crippen LogP contribution is -1.93. The summed E-state index contributed by atoms with van der Waals surface area (Å²) in [6.45, 7) is 12.4. The molecular weight excluding hydrogens is 376 g/mol. The Morgan fingerprint density at radius 1 is 1.00 bits per heavy atom. The molecule has 0 spiro atoms. The van der Waals surface area contributed by atoms with E-state index in [0.29, 0.717) is 0 Å². The zero-order valence-corrected chi connectivity index (χ0v) is 18.2. The number of nitrogens with zero attached hydrogens (tertiary/aromatic N) is 1. The van der Waals surface area contributed by atoms with Gasteiger partial charge in [-0.05, 0) is 66.8 Å². The number of allylic oxidation sites excluding steroid dienone is 7. The van der Waals surface area contributed by atoms with Gasteiger partial charge in [0.05, 0.1) is 11.0 Å². The van der Waals surface area contributed by atoms with Crippen molar-refractivity contribution in [1.29, 1.82) is 0 Å². The minimum atomic E-state index is 0.857. The van der Waals surface area contributed by atoms with Crippen LogP contribution in [0.1, 0.15) is 25.0 Å². The van der Waals surface area contributed by atoms with Gasteiger partial charge in [0, 0.05) is 21.9 Å². The summed E-state index contributed by atoms with van der Waals surface area (Å²) < 4.78 is 2.30. The van der Waals surface area contributed by atoms with E-state index < -0.39 is 0 Å². The highest BCUT2D eigenvalue weighted by Crippen LogP contribution is 2.37. The van der Waals surface area contributed by atoms with Gasteiger partial charge in [-0.2, -0.15) is 0 Å². The van der Waals surface area contributed by atoms with Crippen LogP contribution >= 0.6 is 0 Å². The summed E-state index contributed by atoms with van der Waals surface area (Å²) in [6.07, 6.45) is 12.3. The van der Waals surface area contributed by atoms with E-state index in [9.17, 15) is 0 Å². The van der Waals surface area contributed by atoms with E-state index in [-0.39, 0.29) is 0 Å². The molecule has 3 aromatic carbocycles. The van der Waals surface area contributed by atoms with Gasteiger partial charge in [-0.15, -0.1) is 0 Å². The molecule has 2 nitrogen and oxygen atoms in total. The highest BCUT2D eigenvalue weighted by molar-refractivity contribution is 6.19. The lowest BCUT2D eigenvalue weighted by molar-refractivity contribution is 1.20. The van der Waals surface area contributed by atoms with Gasteiger partial charge in [0.15, 0.2) is 0 Å². The summed E-state index contributed by atoms with van der Waals surface area (Å²) in [7, 11) is 0. The fourth-order valence-corrected chi connectivity index (χ4v) is 4.33. The van der Waals surface area contributed by atoms with Crippen molar-refractivity contribution in [2.24, 2.45) is 5.73 Å². The van der Waals surface area contributed by atoms with Crippen LogP contribution < -0.4 is 5.73 Å². The van der Waals surface area contributed by atoms with E-state index in [1.54, 1.807) is 6.20 Å². The molecule has 2 N–H and O–H groups in total. The van der Waals surface area contributed by atoms with Gasteiger partial charge in [-0.3, -0.25) is 0 Å². The van der Waals surface area contributed by atoms with Crippen molar-refractivity contribution in [3.05, 3.63) is 109 Å². The smallest absolute Gasteiger partial charge is 0.0615 e. The third kappa shape index (κ3) is 3.62. The maximum atomic E-state index is 5.41. The Bertz CT molecular complexity index is 1410. The summed E-state index contributed by atoms with van der Waals surface area (Å²) in [6, 6.07) is 17.8. The summed E-state index contributed by atoms with van der Waals surface area (Å²) in [5, 5.41) is 4.95. The predicted molar refractivity (Wildman–Crippen MR) is 138 cm³/mol. The van der Waals surface area contributed by atoms with Gasteiger partial charge >= 0.3 is 0 Å². The number of hydrogen-bond acceptors (Lipinski definition) is 1. The summed E-state index contributed by atoms with van der Waals surface area (Å²) in [4.78, 5) is 0. The standard InChI is InChI=1S/C29H28N2/c1-5-22(6-2)23-12-15-25-24(19-23)13-16-27-26-14-11-21(10-8-7-9-17-30)18-28(26)31(20(3)4)29(25)27/h5-9,11-19H,1,3,10,30H2,2,4H3/b8-7-,17-9-,22-6+. The highest BCUT2D eigenvalue weighted by atomic mass is 15.0. The highest BCUT2D eigenvalue weighted by Gasteiger charge is 2.15. The molecule has 31 heavy (non-hydrogen) atoms. The van der Waals surface area contributed by atoms with Gasteiger partial charge in [0.2, 0.25) is 0 Å². The molecule has 0 saturated heterocycles. The maximum Gasteiger partial charge on any atom is 0.0615 e. The van der Waals surface area contributed by atoms with Gasteiger partial charge in [-0.25, -0.2) is 0 Å². The molecule has 0 aliphatic heterocycles. The fraction of sp³-hybridized carbons (Fsp3) is 0.103. The quantitative estimate of drug-likeness (QED) is 0.330. The lowest BCUT2D eigenvalue weighted by atomic mass is 9.99. The van der Waals surface area contributed by atoms with Crippen LogP contribution in [-0.2, 0) is 6.42 Å². The van der Waals surface area contributed by atoms with Crippen LogP contribution in [0.3, 0.4) is 0 Å². The van der Waals surface area contributed by atoms with E-state index in [4.69, 9.17) is 5.73 Å². The van der Waals surface area contributed by atoms with Gasteiger partial charge in [0.1, 0.15) is 0 Å². The number of benzene rings is 3. The van der Waals surface area contributed by atoms with Crippen molar-refractivity contribution >= 4 is 43.8 Å². The second kappa shape index (κ2) is 8.53. The van der Waals surface area contributed by atoms with Crippen molar-refractivity contribution in [2.75, 3.05) is 0 Å². The monoisotopic (exact) mass is 404 g/mol. The maximum absolute atomic E-state index is 5.41. The molecule has 0 radical (unpaired) electrons. The average Bonchev–Trinajstić information content (AvgIpc) is 3.11.